The van der Waals surface area contributed by atoms with Crippen molar-refractivity contribution in [1.82, 2.24) is 9.88 Å². The summed E-state index contributed by atoms with van der Waals surface area (Å²) in [7, 11) is 0. The Kier molecular flexibility index (Phi) is 4.29. The molecule has 2 aromatic rings. The molecule has 0 N–H and O–H groups in total. The van der Waals surface area contributed by atoms with Crippen LogP contribution in [0.3, 0.4) is 0 Å². The molecule has 0 radical (unpaired) electrons. The minimum Gasteiger partial charge on any atom is -0.368 e. The zero-order chi connectivity index (χ0) is 15.5. The molecule has 3 rings (SSSR count). The lowest BCUT2D eigenvalue weighted by molar-refractivity contribution is 0.0746. The van der Waals surface area contributed by atoms with Gasteiger partial charge in [-0.25, -0.2) is 0 Å². The first kappa shape index (κ1) is 14.9. The zero-order valence-corrected chi connectivity index (χ0v) is 13.3. The molecule has 1 aromatic carbocycles. The Morgan fingerprint density at radius 1 is 1.14 bits per heavy atom. The molecule has 4 nitrogen and oxygen atoms in total. The fraction of sp³-hybridized carbons (Fsp3) is 0.294. The van der Waals surface area contributed by atoms with Crippen LogP contribution in [-0.2, 0) is 0 Å². The van der Waals surface area contributed by atoms with E-state index in [9.17, 15) is 4.79 Å². The van der Waals surface area contributed by atoms with Gasteiger partial charge in [-0.05, 0) is 37.3 Å². The molecule has 0 atom stereocenters. The van der Waals surface area contributed by atoms with Gasteiger partial charge >= 0.3 is 0 Å². The number of piperazine rings is 1. The van der Waals surface area contributed by atoms with E-state index in [0.29, 0.717) is 18.7 Å². The lowest BCUT2D eigenvalue weighted by Gasteiger charge is -2.36. The third kappa shape index (κ3) is 3.22. The summed E-state index contributed by atoms with van der Waals surface area (Å²) in [6.45, 7) is 4.95. The zero-order valence-electron chi connectivity index (χ0n) is 12.5. The van der Waals surface area contributed by atoms with Gasteiger partial charge in [-0.3, -0.25) is 9.78 Å². The van der Waals surface area contributed by atoms with Crippen molar-refractivity contribution < 1.29 is 4.79 Å². The summed E-state index contributed by atoms with van der Waals surface area (Å²) in [6.07, 6.45) is 1.65. The van der Waals surface area contributed by atoms with Crippen LogP contribution in [0.2, 0.25) is 5.02 Å². The van der Waals surface area contributed by atoms with Crippen LogP contribution in [0.5, 0.6) is 0 Å². The predicted octanol–water partition coefficient (Wildman–Crippen LogP) is 3.01. The lowest BCUT2D eigenvalue weighted by Crippen LogP contribution is -2.48. The van der Waals surface area contributed by atoms with Gasteiger partial charge in [-0.1, -0.05) is 17.7 Å². The van der Waals surface area contributed by atoms with Crippen molar-refractivity contribution in [2.24, 2.45) is 0 Å². The van der Waals surface area contributed by atoms with Crippen molar-refractivity contribution in [3.63, 3.8) is 0 Å². The summed E-state index contributed by atoms with van der Waals surface area (Å²) < 4.78 is 0. The Hall–Kier alpha value is -2.07. The number of halogens is 1. The normalized spacial score (nSPS) is 15.0. The molecule has 1 aromatic heterocycles. The van der Waals surface area contributed by atoms with Crippen molar-refractivity contribution in [3.8, 4) is 0 Å². The molecular formula is C17H18ClN3O. The van der Waals surface area contributed by atoms with Crippen LogP contribution in [0.25, 0.3) is 0 Å². The smallest absolute Gasteiger partial charge is 0.255 e. The van der Waals surface area contributed by atoms with E-state index in [2.05, 4.69) is 9.88 Å². The summed E-state index contributed by atoms with van der Waals surface area (Å²) in [5.41, 5.74) is 2.68. The minimum absolute atomic E-state index is 0.0539. The SMILES string of the molecule is Cc1ccc(C(=O)N2CCN(c3cccc(Cl)c3)CC2)cn1. The van der Waals surface area contributed by atoms with Crippen molar-refractivity contribution in [1.29, 1.82) is 0 Å². The maximum absolute atomic E-state index is 12.5. The van der Waals surface area contributed by atoms with Crippen molar-refractivity contribution in [2.75, 3.05) is 31.1 Å². The summed E-state index contributed by atoms with van der Waals surface area (Å²) in [4.78, 5) is 20.8. The molecule has 0 bridgehead atoms. The molecule has 1 amide bonds. The molecule has 0 saturated carbocycles. The first-order valence-corrected chi connectivity index (χ1v) is 7.74. The number of hydrogen-bond donors (Lipinski definition) is 0. The highest BCUT2D eigenvalue weighted by molar-refractivity contribution is 6.30. The van der Waals surface area contributed by atoms with Crippen LogP contribution >= 0.6 is 11.6 Å². The number of carbonyl (C=O) groups is 1. The summed E-state index contributed by atoms with van der Waals surface area (Å²) >= 11 is 6.04. The first-order valence-electron chi connectivity index (χ1n) is 7.36. The Morgan fingerprint density at radius 3 is 2.55 bits per heavy atom. The average molecular weight is 316 g/mol. The molecule has 0 spiro atoms. The van der Waals surface area contributed by atoms with Gasteiger partial charge in [-0.15, -0.1) is 0 Å². The predicted molar refractivity (Wildman–Crippen MR) is 88.5 cm³/mol. The van der Waals surface area contributed by atoms with Gasteiger partial charge in [-0.2, -0.15) is 0 Å². The number of pyridine rings is 1. The number of aromatic nitrogens is 1. The molecule has 1 saturated heterocycles. The van der Waals surface area contributed by atoms with Crippen molar-refractivity contribution >= 4 is 23.2 Å². The topological polar surface area (TPSA) is 36.4 Å². The molecule has 0 unspecified atom stereocenters. The van der Waals surface area contributed by atoms with Crippen LogP contribution in [-0.4, -0.2) is 42.0 Å². The summed E-state index contributed by atoms with van der Waals surface area (Å²) in [5, 5.41) is 0.738. The van der Waals surface area contributed by atoms with E-state index >= 15 is 0 Å². The molecule has 0 aliphatic carbocycles. The fourth-order valence-corrected chi connectivity index (χ4v) is 2.80. The Labute approximate surface area is 135 Å². The third-order valence-electron chi connectivity index (χ3n) is 3.90. The molecule has 1 fully saturated rings. The molecule has 2 heterocycles. The van der Waals surface area contributed by atoms with Gasteiger partial charge in [0.25, 0.3) is 5.91 Å². The number of anilines is 1. The van der Waals surface area contributed by atoms with E-state index in [4.69, 9.17) is 11.6 Å². The van der Waals surface area contributed by atoms with Crippen molar-refractivity contribution in [3.05, 3.63) is 58.9 Å². The van der Waals surface area contributed by atoms with Crippen LogP contribution in [0.1, 0.15) is 16.1 Å². The van der Waals surface area contributed by atoms with Gasteiger partial charge in [0, 0.05) is 48.8 Å². The van der Waals surface area contributed by atoms with E-state index in [1.54, 1.807) is 6.20 Å². The number of benzene rings is 1. The summed E-state index contributed by atoms with van der Waals surface area (Å²) in [5.74, 6) is 0.0539. The Morgan fingerprint density at radius 2 is 1.91 bits per heavy atom. The third-order valence-corrected chi connectivity index (χ3v) is 4.13. The number of rotatable bonds is 2. The molecule has 114 valence electrons. The summed E-state index contributed by atoms with van der Waals surface area (Å²) in [6, 6.07) is 11.5. The van der Waals surface area contributed by atoms with Crippen LogP contribution in [0.15, 0.2) is 42.6 Å². The molecule has 1 aliphatic heterocycles. The largest absolute Gasteiger partial charge is 0.368 e. The molecule has 5 heteroatoms. The molecule has 1 aliphatic rings. The Bertz CT molecular complexity index is 664. The fourth-order valence-electron chi connectivity index (χ4n) is 2.62. The van der Waals surface area contributed by atoms with Gasteiger partial charge in [0.2, 0.25) is 0 Å². The highest BCUT2D eigenvalue weighted by Crippen LogP contribution is 2.21. The number of nitrogens with zero attached hydrogens (tertiary/aromatic N) is 3. The van der Waals surface area contributed by atoms with Gasteiger partial charge in [0.05, 0.1) is 5.56 Å². The van der Waals surface area contributed by atoms with Gasteiger partial charge in [0.15, 0.2) is 0 Å². The van der Waals surface area contributed by atoms with Crippen LogP contribution in [0, 0.1) is 6.92 Å². The first-order chi connectivity index (χ1) is 10.6. The van der Waals surface area contributed by atoms with E-state index in [-0.39, 0.29) is 5.91 Å². The lowest BCUT2D eigenvalue weighted by atomic mass is 10.2. The van der Waals surface area contributed by atoms with Gasteiger partial charge < -0.3 is 9.80 Å². The second-order valence-electron chi connectivity index (χ2n) is 5.45. The van der Waals surface area contributed by atoms with Crippen LogP contribution in [0.4, 0.5) is 5.69 Å². The van der Waals surface area contributed by atoms with Crippen LogP contribution < -0.4 is 4.90 Å². The van der Waals surface area contributed by atoms with E-state index in [1.807, 2.05) is 48.2 Å². The average Bonchev–Trinajstić information content (AvgIpc) is 2.55. The highest BCUT2D eigenvalue weighted by Gasteiger charge is 2.22. The number of amides is 1. The van der Waals surface area contributed by atoms with E-state index in [0.717, 1.165) is 29.5 Å². The Balaban J connectivity index is 1.64. The number of aryl methyl sites for hydroxylation is 1. The maximum Gasteiger partial charge on any atom is 0.255 e. The van der Waals surface area contributed by atoms with E-state index in [1.165, 1.54) is 0 Å². The molecule has 22 heavy (non-hydrogen) atoms. The monoisotopic (exact) mass is 315 g/mol. The number of hydrogen-bond acceptors (Lipinski definition) is 3. The second-order valence-corrected chi connectivity index (χ2v) is 5.88. The minimum atomic E-state index is 0.0539. The highest BCUT2D eigenvalue weighted by atomic mass is 35.5. The number of carbonyl (C=O) groups excluding carboxylic acids is 1. The maximum atomic E-state index is 12.5. The standard InChI is InChI=1S/C17H18ClN3O/c1-13-5-6-14(12-19-13)17(22)21-9-7-20(8-10-21)16-4-2-3-15(18)11-16/h2-6,11-12H,7-10H2,1H3. The molecular weight excluding hydrogens is 298 g/mol. The quantitative estimate of drug-likeness (QED) is 0.855. The van der Waals surface area contributed by atoms with Crippen molar-refractivity contribution in [2.45, 2.75) is 6.92 Å². The second kappa shape index (κ2) is 6.36. The van der Waals surface area contributed by atoms with E-state index < -0.39 is 0 Å². The van der Waals surface area contributed by atoms with Gasteiger partial charge in [0.1, 0.15) is 0 Å².